The molecule has 0 bridgehead atoms. The quantitative estimate of drug-likeness (QED) is 0.224. The Morgan fingerprint density at radius 1 is 1.18 bits per heavy atom. The molecule has 1 amide bonds. The first kappa shape index (κ1) is 24.6. The van der Waals surface area contributed by atoms with Gasteiger partial charge in [0.25, 0.3) is 0 Å². The molecule has 0 N–H and O–H groups in total. The van der Waals surface area contributed by atoms with Crippen LogP contribution in [0.2, 0.25) is 5.32 Å². The number of nitro groups is 1. The first-order chi connectivity index (χ1) is 15.9. The monoisotopic (exact) mass is 526 g/mol. The minimum atomic E-state index is -0.520. The number of amides is 1. The van der Waals surface area contributed by atoms with E-state index in [2.05, 4.69) is 0 Å². The molecule has 8 nitrogen and oxygen atoms in total. The summed E-state index contributed by atoms with van der Waals surface area (Å²) in [6.07, 6.45) is 7.03. The second kappa shape index (κ2) is 10.8. The predicted molar refractivity (Wildman–Crippen MR) is 125 cm³/mol. The van der Waals surface area contributed by atoms with E-state index in [0.29, 0.717) is 13.0 Å². The Kier molecular flexibility index (Phi) is 8.07. The molecule has 1 aromatic carbocycles. The van der Waals surface area contributed by atoms with Crippen LogP contribution in [0, 0.1) is 16.0 Å². The molecule has 4 atom stereocenters. The second-order valence-corrected chi connectivity index (χ2v) is 11.9. The average Bonchev–Trinajstić information content (AvgIpc) is 3.17. The van der Waals surface area contributed by atoms with Crippen LogP contribution >= 0.6 is 0 Å². The van der Waals surface area contributed by atoms with Crippen LogP contribution in [0.4, 0.5) is 5.69 Å². The van der Waals surface area contributed by atoms with Gasteiger partial charge in [0, 0.05) is 0 Å². The predicted octanol–water partition coefficient (Wildman–Crippen LogP) is 3.06. The molecule has 3 aliphatic rings. The van der Waals surface area contributed by atoms with Crippen LogP contribution in [0.3, 0.4) is 0 Å². The Morgan fingerprint density at radius 2 is 1.91 bits per heavy atom. The molecule has 0 unspecified atom stereocenters. The topological polar surface area (TPSA) is 91.1 Å². The van der Waals surface area contributed by atoms with Crippen molar-refractivity contribution in [2.75, 3.05) is 20.7 Å². The molecule has 2 saturated heterocycles. The number of rotatable bonds is 8. The van der Waals surface area contributed by atoms with Gasteiger partial charge >= 0.3 is 202 Å². The van der Waals surface area contributed by atoms with E-state index in [4.69, 9.17) is 14.2 Å². The molecular weight excluding hydrogens is 491 g/mol. The standard InChI is InChI=1S/C24H34N2O6Se/c1-25(2)21(27)15-17-16-30-19(23-22(17)31-24(32-23)12-6-3-7-13-24)10-8-14-33-20-11-5-4-9-18(20)26(28)29/h4-5,9,11,17,19,22-23H,3,6-8,10,12-16H2,1-2H3/t17-,19-,22+,23-/m0/s1. The Hall–Kier alpha value is -1.51. The summed E-state index contributed by atoms with van der Waals surface area (Å²) in [6, 6.07) is 7.01. The fourth-order valence-corrected chi connectivity index (χ4v) is 7.19. The van der Waals surface area contributed by atoms with E-state index in [1.807, 2.05) is 12.1 Å². The molecule has 2 heterocycles. The number of ether oxygens (including phenoxy) is 3. The zero-order valence-corrected chi connectivity index (χ0v) is 21.2. The van der Waals surface area contributed by atoms with Crippen molar-refractivity contribution in [2.24, 2.45) is 5.92 Å². The molecule has 9 heteroatoms. The van der Waals surface area contributed by atoms with Crippen LogP contribution in [0.25, 0.3) is 0 Å². The van der Waals surface area contributed by atoms with Crippen molar-refractivity contribution in [2.45, 2.75) is 80.8 Å². The van der Waals surface area contributed by atoms with E-state index < -0.39 is 5.79 Å². The molecule has 3 fully saturated rings. The molecule has 33 heavy (non-hydrogen) atoms. The van der Waals surface area contributed by atoms with Gasteiger partial charge in [-0.2, -0.15) is 0 Å². The molecule has 1 aliphatic carbocycles. The second-order valence-electron chi connectivity index (χ2n) is 9.48. The Labute approximate surface area is 201 Å². The van der Waals surface area contributed by atoms with Gasteiger partial charge in [-0.1, -0.05) is 0 Å². The van der Waals surface area contributed by atoms with Crippen LogP contribution in [0.15, 0.2) is 24.3 Å². The molecule has 182 valence electrons. The van der Waals surface area contributed by atoms with Gasteiger partial charge in [-0.05, 0) is 0 Å². The summed E-state index contributed by atoms with van der Waals surface area (Å²) in [5.74, 6) is -0.437. The van der Waals surface area contributed by atoms with E-state index in [9.17, 15) is 14.9 Å². The minimum absolute atomic E-state index is 0.00126. The van der Waals surface area contributed by atoms with E-state index in [-0.39, 0.29) is 55.7 Å². The van der Waals surface area contributed by atoms with Gasteiger partial charge in [0.15, 0.2) is 0 Å². The van der Waals surface area contributed by atoms with Crippen LogP contribution < -0.4 is 4.46 Å². The third kappa shape index (κ3) is 5.77. The number of nitrogens with zero attached hydrogens (tertiary/aromatic N) is 2. The summed E-state index contributed by atoms with van der Waals surface area (Å²) >= 11 is 0.0377. The normalized spacial score (nSPS) is 28.4. The van der Waals surface area contributed by atoms with Crippen molar-refractivity contribution in [3.63, 3.8) is 0 Å². The Morgan fingerprint density at radius 3 is 2.64 bits per heavy atom. The van der Waals surface area contributed by atoms with E-state index >= 15 is 0 Å². The van der Waals surface area contributed by atoms with Gasteiger partial charge in [0.2, 0.25) is 0 Å². The molecular formula is C24H34N2O6Se. The summed E-state index contributed by atoms with van der Waals surface area (Å²) < 4.78 is 20.3. The number of para-hydroxylation sites is 1. The number of carbonyl (C=O) groups excluding carboxylic acids is 1. The average molecular weight is 526 g/mol. The summed E-state index contributed by atoms with van der Waals surface area (Å²) in [5.41, 5.74) is 0.214. The maximum atomic E-state index is 12.4. The van der Waals surface area contributed by atoms with Gasteiger partial charge in [0.1, 0.15) is 0 Å². The van der Waals surface area contributed by atoms with Crippen LogP contribution in [-0.4, -0.2) is 75.5 Å². The number of hydrogen-bond acceptors (Lipinski definition) is 6. The molecule has 1 aromatic rings. The van der Waals surface area contributed by atoms with Gasteiger partial charge < -0.3 is 0 Å². The number of carbonyl (C=O) groups is 1. The summed E-state index contributed by atoms with van der Waals surface area (Å²) in [6.45, 7) is 0.500. The molecule has 1 spiro atoms. The third-order valence-electron chi connectivity index (χ3n) is 6.88. The van der Waals surface area contributed by atoms with Crippen LogP contribution in [0.5, 0.6) is 0 Å². The summed E-state index contributed by atoms with van der Waals surface area (Å²) in [7, 11) is 3.56. The molecule has 1 saturated carbocycles. The first-order valence-electron chi connectivity index (χ1n) is 11.9. The Balaban J connectivity index is 1.37. The zero-order valence-electron chi connectivity index (χ0n) is 19.4. The third-order valence-corrected chi connectivity index (χ3v) is 9.30. The van der Waals surface area contributed by atoms with Crippen LogP contribution in [-0.2, 0) is 19.0 Å². The van der Waals surface area contributed by atoms with Crippen LogP contribution in [0.1, 0.15) is 51.4 Å². The van der Waals surface area contributed by atoms with Crippen molar-refractivity contribution in [3.8, 4) is 0 Å². The molecule has 2 aliphatic heterocycles. The van der Waals surface area contributed by atoms with Gasteiger partial charge in [-0.15, -0.1) is 0 Å². The van der Waals surface area contributed by atoms with Gasteiger partial charge in [-0.25, -0.2) is 0 Å². The number of hydrogen-bond donors (Lipinski definition) is 0. The molecule has 0 radical (unpaired) electrons. The summed E-state index contributed by atoms with van der Waals surface area (Å²) in [5, 5.41) is 12.2. The van der Waals surface area contributed by atoms with Crippen molar-refractivity contribution in [3.05, 3.63) is 34.4 Å². The van der Waals surface area contributed by atoms with Crippen molar-refractivity contribution in [1.82, 2.24) is 4.90 Å². The number of nitro benzene ring substituents is 1. The van der Waals surface area contributed by atoms with Gasteiger partial charge in [0.05, 0.1) is 0 Å². The fraction of sp³-hybridized carbons (Fsp3) is 0.708. The number of fused-ring (bicyclic) bond motifs is 1. The van der Waals surface area contributed by atoms with E-state index in [0.717, 1.165) is 48.3 Å². The molecule has 0 aromatic heterocycles. The number of benzene rings is 1. The maximum absolute atomic E-state index is 12.4. The SMILES string of the molecule is CN(C)C(=O)C[C@H]1CO[C@@H](CCC[Se]c2ccccc2[N+](=O)[O-])[C@@H]2OC3(CCCCC3)O[C@H]12. The van der Waals surface area contributed by atoms with Crippen molar-refractivity contribution >= 4 is 31.0 Å². The Bertz CT molecular complexity index is 844. The van der Waals surface area contributed by atoms with Crippen molar-refractivity contribution in [1.29, 1.82) is 0 Å². The summed E-state index contributed by atoms with van der Waals surface area (Å²) in [4.78, 5) is 25.0. The molecule has 4 rings (SSSR count). The first-order valence-corrected chi connectivity index (χ1v) is 14.0. The van der Waals surface area contributed by atoms with E-state index in [1.54, 1.807) is 31.1 Å². The van der Waals surface area contributed by atoms with Gasteiger partial charge in [-0.3, -0.25) is 0 Å². The van der Waals surface area contributed by atoms with E-state index in [1.165, 1.54) is 6.42 Å². The van der Waals surface area contributed by atoms with Crippen molar-refractivity contribution < 1.29 is 23.9 Å². The fourth-order valence-electron chi connectivity index (χ4n) is 5.10. The zero-order chi connectivity index (χ0) is 23.4.